The number of hydrogen-bond acceptors (Lipinski definition) is 6. The Labute approximate surface area is 213 Å². The second-order valence-corrected chi connectivity index (χ2v) is 10.5. The smallest absolute Gasteiger partial charge is 0.261 e. The van der Waals surface area contributed by atoms with Crippen molar-refractivity contribution in [2.45, 2.75) is 18.2 Å². The molecule has 0 fully saturated rings. The van der Waals surface area contributed by atoms with Gasteiger partial charge >= 0.3 is 0 Å². The number of H-pyrrole nitrogens is 1. The topological polar surface area (TPSA) is 129 Å². The van der Waals surface area contributed by atoms with Crippen LogP contribution in [0.2, 0.25) is 0 Å². The summed E-state index contributed by atoms with van der Waals surface area (Å²) >= 11 is 0. The standard InChI is InChI=1S/C27H22N6O3S/c1-16-12-17-13-20(8-11-23(17)29-16)33-37(35,36)21-9-6-19(7-10-21)30-27-28-15-18-14-25(34)31-24-5-3-2-4-22(24)26(18)32-27/h2-13,15,29,33H,14H2,1H3,(H,31,34)(H,28,30,32). The van der Waals surface area contributed by atoms with Gasteiger partial charge in [0.15, 0.2) is 0 Å². The van der Waals surface area contributed by atoms with E-state index in [1.54, 1.807) is 30.5 Å². The third-order valence-corrected chi connectivity index (χ3v) is 7.50. The van der Waals surface area contributed by atoms with Gasteiger partial charge in [-0.05, 0) is 61.5 Å². The largest absolute Gasteiger partial charge is 0.359 e. The molecule has 5 aromatic rings. The highest BCUT2D eigenvalue weighted by Crippen LogP contribution is 2.33. The maximum Gasteiger partial charge on any atom is 0.261 e. The molecule has 0 aliphatic carbocycles. The normalized spacial score (nSPS) is 12.8. The summed E-state index contributed by atoms with van der Waals surface area (Å²) in [6.07, 6.45) is 1.82. The predicted octanol–water partition coefficient (Wildman–Crippen LogP) is 4.97. The molecule has 0 saturated carbocycles. The van der Waals surface area contributed by atoms with Crippen LogP contribution in [-0.4, -0.2) is 29.3 Å². The first-order valence-electron chi connectivity index (χ1n) is 11.6. The van der Waals surface area contributed by atoms with E-state index < -0.39 is 10.0 Å². The Morgan fingerprint density at radius 1 is 0.946 bits per heavy atom. The lowest BCUT2D eigenvalue weighted by atomic mass is 10.1. The second-order valence-electron chi connectivity index (χ2n) is 8.85. The van der Waals surface area contributed by atoms with Gasteiger partial charge in [-0.2, -0.15) is 0 Å². The minimum Gasteiger partial charge on any atom is -0.359 e. The van der Waals surface area contributed by atoms with Crippen LogP contribution in [0.15, 0.2) is 83.9 Å². The summed E-state index contributed by atoms with van der Waals surface area (Å²) in [7, 11) is -3.78. The Bertz CT molecular complexity index is 1780. The van der Waals surface area contributed by atoms with Crippen molar-refractivity contribution in [3.63, 3.8) is 0 Å². The number of fused-ring (bicyclic) bond motifs is 4. The van der Waals surface area contributed by atoms with E-state index in [1.165, 1.54) is 12.1 Å². The summed E-state index contributed by atoms with van der Waals surface area (Å²) in [5, 5.41) is 6.95. The summed E-state index contributed by atoms with van der Waals surface area (Å²) in [4.78, 5) is 24.6. The molecule has 0 unspecified atom stereocenters. The van der Waals surface area contributed by atoms with E-state index in [-0.39, 0.29) is 17.2 Å². The van der Waals surface area contributed by atoms with Crippen molar-refractivity contribution in [1.29, 1.82) is 0 Å². The molecule has 1 aliphatic heterocycles. The van der Waals surface area contributed by atoms with Crippen LogP contribution in [0.4, 0.5) is 23.0 Å². The zero-order chi connectivity index (χ0) is 25.6. The van der Waals surface area contributed by atoms with Crippen LogP contribution < -0.4 is 15.4 Å². The van der Waals surface area contributed by atoms with Gasteiger partial charge in [0.1, 0.15) is 0 Å². The van der Waals surface area contributed by atoms with Crippen LogP contribution in [0.1, 0.15) is 11.3 Å². The Morgan fingerprint density at radius 3 is 2.57 bits per heavy atom. The van der Waals surface area contributed by atoms with Crippen LogP contribution >= 0.6 is 0 Å². The summed E-state index contributed by atoms with van der Waals surface area (Å²) < 4.78 is 28.5. The molecule has 1 amide bonds. The molecule has 37 heavy (non-hydrogen) atoms. The predicted molar refractivity (Wildman–Crippen MR) is 143 cm³/mol. The Kier molecular flexibility index (Phi) is 5.38. The number of benzene rings is 3. The number of carbonyl (C=O) groups excluding carboxylic acids is 1. The summed E-state index contributed by atoms with van der Waals surface area (Å²) in [5.41, 5.74) is 5.98. The van der Waals surface area contributed by atoms with Crippen molar-refractivity contribution in [1.82, 2.24) is 15.0 Å². The lowest BCUT2D eigenvalue weighted by Crippen LogP contribution is -2.13. The van der Waals surface area contributed by atoms with Crippen molar-refractivity contribution in [3.05, 3.63) is 90.3 Å². The van der Waals surface area contributed by atoms with Crippen LogP contribution in [0, 0.1) is 6.92 Å². The number of nitrogens with one attached hydrogen (secondary N) is 4. The van der Waals surface area contributed by atoms with Crippen LogP contribution in [0.25, 0.3) is 22.2 Å². The molecule has 184 valence electrons. The van der Waals surface area contributed by atoms with Gasteiger partial charge in [-0.1, -0.05) is 18.2 Å². The molecule has 9 nitrogen and oxygen atoms in total. The maximum absolute atomic E-state index is 13.0. The minimum atomic E-state index is -3.78. The fourth-order valence-corrected chi connectivity index (χ4v) is 5.45. The molecular formula is C27H22N6O3S. The lowest BCUT2D eigenvalue weighted by Gasteiger charge is -2.11. The number of rotatable bonds is 5. The number of sulfonamides is 1. The minimum absolute atomic E-state index is 0.121. The summed E-state index contributed by atoms with van der Waals surface area (Å²) in [5.74, 6) is 0.218. The molecular weight excluding hydrogens is 488 g/mol. The van der Waals surface area contributed by atoms with E-state index in [0.29, 0.717) is 28.7 Å². The van der Waals surface area contributed by atoms with Gasteiger partial charge in [0, 0.05) is 45.3 Å². The van der Waals surface area contributed by atoms with E-state index in [4.69, 9.17) is 0 Å². The molecule has 3 heterocycles. The van der Waals surface area contributed by atoms with Gasteiger partial charge in [-0.15, -0.1) is 0 Å². The third kappa shape index (κ3) is 4.50. The SMILES string of the molecule is Cc1cc2cc(NS(=O)(=O)c3ccc(Nc4ncc5c(n4)-c4ccccc4NC(=O)C5)cc3)ccc2[nH]1. The fraction of sp³-hybridized carbons (Fsp3) is 0.0741. The quantitative estimate of drug-likeness (QED) is 0.264. The van der Waals surface area contributed by atoms with E-state index in [2.05, 4.69) is 30.3 Å². The highest BCUT2D eigenvalue weighted by atomic mass is 32.2. The number of aryl methyl sites for hydroxylation is 1. The monoisotopic (exact) mass is 510 g/mol. The number of aromatic nitrogens is 3. The number of amides is 1. The first kappa shape index (κ1) is 22.7. The van der Waals surface area contributed by atoms with Gasteiger partial charge in [0.05, 0.1) is 22.7 Å². The average Bonchev–Trinajstić information content (AvgIpc) is 3.17. The van der Waals surface area contributed by atoms with Gasteiger partial charge < -0.3 is 15.6 Å². The summed E-state index contributed by atoms with van der Waals surface area (Å²) in [6.45, 7) is 1.95. The van der Waals surface area contributed by atoms with E-state index >= 15 is 0 Å². The van der Waals surface area contributed by atoms with Crippen LogP contribution in [-0.2, 0) is 21.2 Å². The molecule has 1 aliphatic rings. The van der Waals surface area contributed by atoms with Crippen molar-refractivity contribution in [3.8, 4) is 11.3 Å². The zero-order valence-corrected chi connectivity index (χ0v) is 20.6. The lowest BCUT2D eigenvalue weighted by molar-refractivity contribution is -0.115. The Balaban J connectivity index is 1.23. The Hall–Kier alpha value is -4.70. The van der Waals surface area contributed by atoms with Crippen molar-refractivity contribution >= 4 is 49.8 Å². The molecule has 0 spiro atoms. The molecule has 0 bridgehead atoms. The van der Waals surface area contributed by atoms with E-state index in [0.717, 1.165) is 27.7 Å². The molecule has 0 saturated heterocycles. The van der Waals surface area contributed by atoms with E-state index in [1.807, 2.05) is 43.3 Å². The fourth-order valence-electron chi connectivity index (χ4n) is 4.40. The van der Waals surface area contributed by atoms with Gasteiger partial charge in [0.2, 0.25) is 11.9 Å². The molecule has 0 atom stereocenters. The van der Waals surface area contributed by atoms with Gasteiger partial charge in [-0.25, -0.2) is 18.4 Å². The van der Waals surface area contributed by atoms with E-state index in [9.17, 15) is 13.2 Å². The van der Waals surface area contributed by atoms with Crippen molar-refractivity contribution in [2.24, 2.45) is 0 Å². The van der Waals surface area contributed by atoms with Crippen molar-refractivity contribution in [2.75, 3.05) is 15.4 Å². The van der Waals surface area contributed by atoms with Crippen LogP contribution in [0.3, 0.4) is 0 Å². The third-order valence-electron chi connectivity index (χ3n) is 6.10. The number of hydrogen-bond donors (Lipinski definition) is 4. The first-order chi connectivity index (χ1) is 17.8. The van der Waals surface area contributed by atoms with Crippen LogP contribution in [0.5, 0.6) is 0 Å². The molecule has 0 radical (unpaired) electrons. The first-order valence-corrected chi connectivity index (χ1v) is 13.1. The molecule has 10 heteroatoms. The highest BCUT2D eigenvalue weighted by molar-refractivity contribution is 7.92. The highest BCUT2D eigenvalue weighted by Gasteiger charge is 2.21. The number of aromatic amines is 1. The number of nitrogens with zero attached hydrogens (tertiary/aromatic N) is 2. The Morgan fingerprint density at radius 2 is 1.73 bits per heavy atom. The summed E-state index contributed by atoms with van der Waals surface area (Å²) in [6, 6.07) is 21.2. The van der Waals surface area contributed by atoms with Gasteiger partial charge in [-0.3, -0.25) is 9.52 Å². The molecule has 4 N–H and O–H groups in total. The van der Waals surface area contributed by atoms with Gasteiger partial charge in [0.25, 0.3) is 10.0 Å². The zero-order valence-electron chi connectivity index (χ0n) is 19.7. The maximum atomic E-state index is 13.0. The number of carbonyl (C=O) groups is 1. The average molecular weight is 511 g/mol. The van der Waals surface area contributed by atoms with Crippen molar-refractivity contribution < 1.29 is 13.2 Å². The second kappa shape index (κ2) is 8.75. The number of para-hydroxylation sites is 1. The number of anilines is 4. The molecule has 3 aromatic carbocycles. The molecule has 6 rings (SSSR count). The molecule has 2 aromatic heterocycles.